The number of nitrogens with one attached hydrogen (secondary N) is 1. The highest BCUT2D eigenvalue weighted by atomic mass is 16.5. The van der Waals surface area contributed by atoms with Gasteiger partial charge in [0.25, 0.3) is 0 Å². The van der Waals surface area contributed by atoms with Gasteiger partial charge in [-0.15, -0.1) is 0 Å². The Labute approximate surface area is 92.7 Å². The van der Waals surface area contributed by atoms with Gasteiger partial charge in [0.05, 0.1) is 6.61 Å². The van der Waals surface area contributed by atoms with Gasteiger partial charge in [0, 0.05) is 19.9 Å². The van der Waals surface area contributed by atoms with E-state index in [0.29, 0.717) is 30.7 Å². The summed E-state index contributed by atoms with van der Waals surface area (Å²) < 4.78 is 9.89. The van der Waals surface area contributed by atoms with Gasteiger partial charge in [0.2, 0.25) is 5.82 Å². The lowest BCUT2D eigenvalue weighted by molar-refractivity contribution is 0.210. The number of aromatic nitrogens is 3. The van der Waals surface area contributed by atoms with E-state index in [4.69, 9.17) is 9.26 Å². The fourth-order valence-electron chi connectivity index (χ4n) is 1.15. The second-order valence-electron chi connectivity index (χ2n) is 3.06. The quantitative estimate of drug-likeness (QED) is 0.763. The number of anilines is 1. The second kappa shape index (κ2) is 5.22. The molecule has 6 heteroatoms. The van der Waals surface area contributed by atoms with Crippen molar-refractivity contribution in [2.45, 2.75) is 0 Å². The number of pyridine rings is 1. The standard InChI is InChI=1S/C10H12N4O2/c1-15-7-6-12-10-13-9(14-16-10)8-4-2-3-5-11-8/h2-5H,6-7H2,1H3,(H,12,13,14). The minimum atomic E-state index is 0.373. The summed E-state index contributed by atoms with van der Waals surface area (Å²) in [5.74, 6) is 0.473. The fraction of sp³-hybridized carbons (Fsp3) is 0.300. The van der Waals surface area contributed by atoms with Crippen LogP contribution in [0.5, 0.6) is 0 Å². The number of hydrogen-bond acceptors (Lipinski definition) is 6. The van der Waals surface area contributed by atoms with Gasteiger partial charge in [0.15, 0.2) is 0 Å². The van der Waals surface area contributed by atoms with E-state index in [1.54, 1.807) is 13.3 Å². The van der Waals surface area contributed by atoms with Crippen molar-refractivity contribution in [3.8, 4) is 11.5 Å². The Bertz CT molecular complexity index is 429. The van der Waals surface area contributed by atoms with Crippen LogP contribution >= 0.6 is 0 Å². The van der Waals surface area contributed by atoms with Gasteiger partial charge in [-0.25, -0.2) is 0 Å². The third-order valence-electron chi connectivity index (χ3n) is 1.90. The molecule has 0 amide bonds. The van der Waals surface area contributed by atoms with Crippen molar-refractivity contribution < 1.29 is 9.26 Å². The molecule has 0 unspecified atom stereocenters. The largest absolute Gasteiger partial charge is 0.383 e. The third kappa shape index (κ3) is 2.54. The first-order chi connectivity index (χ1) is 7.90. The van der Waals surface area contributed by atoms with Gasteiger partial charge in [-0.2, -0.15) is 4.98 Å². The molecule has 0 bridgehead atoms. The molecule has 0 aromatic carbocycles. The number of rotatable bonds is 5. The average molecular weight is 220 g/mol. The van der Waals surface area contributed by atoms with E-state index in [1.807, 2.05) is 18.2 Å². The van der Waals surface area contributed by atoms with Crippen LogP contribution in [0.15, 0.2) is 28.9 Å². The van der Waals surface area contributed by atoms with Crippen LogP contribution in [0.1, 0.15) is 0 Å². The predicted octanol–water partition coefficient (Wildman–Crippen LogP) is 1.19. The molecule has 2 rings (SSSR count). The highest BCUT2D eigenvalue weighted by Crippen LogP contribution is 2.13. The second-order valence-corrected chi connectivity index (χ2v) is 3.06. The molecular formula is C10H12N4O2. The molecule has 2 aromatic rings. The molecule has 84 valence electrons. The van der Waals surface area contributed by atoms with Crippen molar-refractivity contribution in [3.63, 3.8) is 0 Å². The van der Waals surface area contributed by atoms with Crippen molar-refractivity contribution in [3.05, 3.63) is 24.4 Å². The van der Waals surface area contributed by atoms with E-state index >= 15 is 0 Å². The van der Waals surface area contributed by atoms with Crippen molar-refractivity contribution in [1.82, 2.24) is 15.1 Å². The number of nitrogens with zero attached hydrogens (tertiary/aromatic N) is 3. The first kappa shape index (κ1) is 10.6. The van der Waals surface area contributed by atoms with E-state index < -0.39 is 0 Å². The topological polar surface area (TPSA) is 73.1 Å². The van der Waals surface area contributed by atoms with Gasteiger partial charge in [-0.05, 0) is 12.1 Å². The minimum absolute atomic E-state index is 0.373. The summed E-state index contributed by atoms with van der Waals surface area (Å²) in [7, 11) is 1.63. The molecule has 0 saturated heterocycles. The maximum atomic E-state index is 5.00. The Morgan fingerprint density at radius 1 is 1.44 bits per heavy atom. The molecule has 0 aliphatic rings. The molecule has 0 atom stereocenters. The maximum Gasteiger partial charge on any atom is 0.321 e. The fourth-order valence-corrected chi connectivity index (χ4v) is 1.15. The molecule has 2 aromatic heterocycles. The third-order valence-corrected chi connectivity index (χ3v) is 1.90. The summed E-state index contributed by atoms with van der Waals surface area (Å²) in [4.78, 5) is 8.27. The lowest BCUT2D eigenvalue weighted by Gasteiger charge is -1.97. The van der Waals surface area contributed by atoms with E-state index in [0.717, 1.165) is 0 Å². The lowest BCUT2D eigenvalue weighted by atomic mass is 10.3. The predicted molar refractivity (Wildman–Crippen MR) is 57.9 cm³/mol. The monoisotopic (exact) mass is 220 g/mol. The smallest absolute Gasteiger partial charge is 0.321 e. The minimum Gasteiger partial charge on any atom is -0.383 e. The molecule has 6 nitrogen and oxygen atoms in total. The number of ether oxygens (including phenoxy) is 1. The number of methoxy groups -OCH3 is 1. The lowest BCUT2D eigenvalue weighted by Crippen LogP contribution is -2.07. The SMILES string of the molecule is COCCNc1nc(-c2ccccn2)no1. The molecule has 2 heterocycles. The molecule has 0 aliphatic heterocycles. The maximum absolute atomic E-state index is 5.00. The summed E-state index contributed by atoms with van der Waals surface area (Å²) >= 11 is 0. The molecule has 0 fully saturated rings. The Morgan fingerprint density at radius 3 is 3.12 bits per heavy atom. The van der Waals surface area contributed by atoms with Crippen molar-refractivity contribution in [2.24, 2.45) is 0 Å². The van der Waals surface area contributed by atoms with Gasteiger partial charge < -0.3 is 14.6 Å². The molecule has 0 spiro atoms. The first-order valence-electron chi connectivity index (χ1n) is 4.88. The Balaban J connectivity index is 2.02. The normalized spacial score (nSPS) is 10.3. The molecule has 0 aliphatic carbocycles. The molecule has 16 heavy (non-hydrogen) atoms. The Morgan fingerprint density at radius 2 is 2.38 bits per heavy atom. The van der Waals surface area contributed by atoms with Crippen LogP contribution in [-0.2, 0) is 4.74 Å². The summed E-state index contributed by atoms with van der Waals surface area (Å²) in [6, 6.07) is 5.90. The zero-order valence-corrected chi connectivity index (χ0v) is 8.88. The van der Waals surface area contributed by atoms with Crippen molar-refractivity contribution in [1.29, 1.82) is 0 Å². The molecule has 1 N–H and O–H groups in total. The van der Waals surface area contributed by atoms with E-state index in [-0.39, 0.29) is 0 Å². The van der Waals surface area contributed by atoms with Gasteiger partial charge in [-0.1, -0.05) is 11.2 Å². The molecule has 0 saturated carbocycles. The highest BCUT2D eigenvalue weighted by molar-refractivity contribution is 5.49. The van der Waals surface area contributed by atoms with Crippen LogP contribution in [0.2, 0.25) is 0 Å². The summed E-state index contributed by atoms with van der Waals surface area (Å²) in [6.45, 7) is 1.21. The van der Waals surface area contributed by atoms with Gasteiger partial charge in [-0.3, -0.25) is 4.98 Å². The van der Waals surface area contributed by atoms with Gasteiger partial charge in [0.1, 0.15) is 5.69 Å². The van der Waals surface area contributed by atoms with Crippen molar-refractivity contribution in [2.75, 3.05) is 25.6 Å². The van der Waals surface area contributed by atoms with Crippen LogP contribution < -0.4 is 5.32 Å². The van der Waals surface area contributed by atoms with Gasteiger partial charge >= 0.3 is 6.01 Å². The Hall–Kier alpha value is -1.95. The van der Waals surface area contributed by atoms with Crippen LogP contribution in [0.3, 0.4) is 0 Å². The average Bonchev–Trinajstić information content (AvgIpc) is 2.79. The molecular weight excluding hydrogens is 208 g/mol. The first-order valence-corrected chi connectivity index (χ1v) is 4.88. The molecule has 0 radical (unpaired) electrons. The number of hydrogen-bond donors (Lipinski definition) is 1. The summed E-state index contributed by atoms with van der Waals surface area (Å²) in [5, 5.41) is 6.76. The van der Waals surface area contributed by atoms with E-state index in [9.17, 15) is 0 Å². The van der Waals surface area contributed by atoms with E-state index in [2.05, 4.69) is 20.4 Å². The van der Waals surface area contributed by atoms with Crippen molar-refractivity contribution >= 4 is 6.01 Å². The Kier molecular flexibility index (Phi) is 3.45. The highest BCUT2D eigenvalue weighted by Gasteiger charge is 2.07. The van der Waals surface area contributed by atoms with Crippen LogP contribution in [-0.4, -0.2) is 35.4 Å². The summed E-state index contributed by atoms with van der Waals surface area (Å²) in [5.41, 5.74) is 0.686. The van der Waals surface area contributed by atoms with Crippen LogP contribution in [0.25, 0.3) is 11.5 Å². The van der Waals surface area contributed by atoms with Crippen LogP contribution in [0, 0.1) is 0 Å². The zero-order chi connectivity index (χ0) is 11.2. The van der Waals surface area contributed by atoms with Crippen LogP contribution in [0.4, 0.5) is 6.01 Å². The summed E-state index contributed by atoms with van der Waals surface area (Å²) in [6.07, 6.45) is 1.68. The zero-order valence-electron chi connectivity index (χ0n) is 8.88. The van der Waals surface area contributed by atoms with E-state index in [1.165, 1.54) is 0 Å².